The monoisotopic (exact) mass is 238 g/mol. The van der Waals surface area contributed by atoms with Crippen LogP contribution in [0, 0.1) is 12.7 Å². The summed E-state index contributed by atoms with van der Waals surface area (Å²) >= 11 is 5.78. The molecule has 0 saturated carbocycles. The maximum Gasteiger partial charge on any atom is 0.165 e. The average molecular weight is 239 g/mol. The molecule has 1 N–H and O–H groups in total. The first kappa shape index (κ1) is 10.8. The normalized spacial score (nSPS) is 10.4. The summed E-state index contributed by atoms with van der Waals surface area (Å²) in [6.07, 6.45) is 0. The number of phenolic OH excluding ortho intramolecular Hbond substituents is 1. The number of hydrogen-bond donors (Lipinski definition) is 1. The van der Waals surface area contributed by atoms with Crippen molar-refractivity contribution in [1.29, 1.82) is 0 Å². The highest BCUT2D eigenvalue weighted by molar-refractivity contribution is 6.29. The van der Waals surface area contributed by atoms with Crippen LogP contribution < -0.4 is 0 Å². The van der Waals surface area contributed by atoms with E-state index in [0.717, 1.165) is 0 Å². The average Bonchev–Trinajstić information content (AvgIpc) is 2.20. The lowest BCUT2D eigenvalue weighted by Crippen LogP contribution is -1.92. The first-order valence-corrected chi connectivity index (χ1v) is 4.94. The van der Waals surface area contributed by atoms with Crippen LogP contribution in [-0.4, -0.2) is 15.1 Å². The Kier molecular flexibility index (Phi) is 2.75. The predicted octanol–water partition coefficient (Wildman–Crippen LogP) is 2.95. The van der Waals surface area contributed by atoms with Crippen LogP contribution >= 0.6 is 11.6 Å². The van der Waals surface area contributed by atoms with E-state index in [1.807, 2.05) is 0 Å². The Bertz CT molecular complexity index is 525. The van der Waals surface area contributed by atoms with Crippen molar-refractivity contribution in [3.63, 3.8) is 0 Å². The van der Waals surface area contributed by atoms with Crippen LogP contribution in [0.15, 0.2) is 24.3 Å². The van der Waals surface area contributed by atoms with Crippen molar-refractivity contribution in [2.75, 3.05) is 0 Å². The summed E-state index contributed by atoms with van der Waals surface area (Å²) in [6, 6.07) is 5.57. The van der Waals surface area contributed by atoms with Crippen molar-refractivity contribution in [3.8, 4) is 17.1 Å². The van der Waals surface area contributed by atoms with Gasteiger partial charge in [0, 0.05) is 11.3 Å². The standard InChI is InChI=1S/C11H8ClFN2O/c1-6-4-10(12)15-11(14-6)7-2-3-9(16)8(13)5-7/h2-5,16H,1H3. The van der Waals surface area contributed by atoms with Crippen LogP contribution in [0.25, 0.3) is 11.4 Å². The van der Waals surface area contributed by atoms with E-state index in [9.17, 15) is 4.39 Å². The molecule has 82 valence electrons. The van der Waals surface area contributed by atoms with Gasteiger partial charge in [0.2, 0.25) is 0 Å². The fourth-order valence-electron chi connectivity index (χ4n) is 1.31. The van der Waals surface area contributed by atoms with Crippen molar-refractivity contribution < 1.29 is 9.50 Å². The zero-order valence-electron chi connectivity index (χ0n) is 8.41. The predicted molar refractivity (Wildman–Crippen MR) is 58.8 cm³/mol. The Morgan fingerprint density at radius 3 is 2.62 bits per heavy atom. The summed E-state index contributed by atoms with van der Waals surface area (Å²) in [5, 5.41) is 9.36. The number of rotatable bonds is 1. The highest BCUT2D eigenvalue weighted by Crippen LogP contribution is 2.23. The molecule has 1 aromatic carbocycles. The van der Waals surface area contributed by atoms with Gasteiger partial charge in [-0.3, -0.25) is 0 Å². The van der Waals surface area contributed by atoms with E-state index in [-0.39, 0.29) is 0 Å². The zero-order chi connectivity index (χ0) is 11.7. The molecule has 0 unspecified atom stereocenters. The first-order valence-electron chi connectivity index (χ1n) is 4.56. The summed E-state index contributed by atoms with van der Waals surface area (Å²) in [5.74, 6) is -0.773. The Morgan fingerprint density at radius 1 is 1.25 bits per heavy atom. The molecule has 0 aliphatic rings. The Labute approximate surface area is 96.6 Å². The molecule has 0 amide bonds. The van der Waals surface area contributed by atoms with Crippen LogP contribution in [0.1, 0.15) is 5.69 Å². The highest BCUT2D eigenvalue weighted by Gasteiger charge is 2.07. The second-order valence-electron chi connectivity index (χ2n) is 3.32. The summed E-state index contributed by atoms with van der Waals surface area (Å²) in [4.78, 5) is 8.11. The van der Waals surface area contributed by atoms with Gasteiger partial charge in [-0.2, -0.15) is 0 Å². The Balaban J connectivity index is 2.54. The second kappa shape index (κ2) is 4.06. The number of hydrogen-bond acceptors (Lipinski definition) is 3. The van der Waals surface area contributed by atoms with E-state index in [0.29, 0.717) is 22.2 Å². The van der Waals surface area contributed by atoms with Crippen LogP contribution in [-0.2, 0) is 0 Å². The minimum atomic E-state index is -0.710. The third kappa shape index (κ3) is 2.12. The third-order valence-corrected chi connectivity index (χ3v) is 2.22. The van der Waals surface area contributed by atoms with E-state index in [2.05, 4.69) is 9.97 Å². The topological polar surface area (TPSA) is 46.0 Å². The molecule has 5 heteroatoms. The van der Waals surface area contributed by atoms with E-state index in [4.69, 9.17) is 16.7 Å². The van der Waals surface area contributed by atoms with E-state index < -0.39 is 11.6 Å². The molecule has 1 aromatic heterocycles. The van der Waals surface area contributed by atoms with Crippen molar-refractivity contribution in [3.05, 3.63) is 40.9 Å². The van der Waals surface area contributed by atoms with Gasteiger partial charge in [0.25, 0.3) is 0 Å². The molecule has 0 radical (unpaired) electrons. The maximum atomic E-state index is 13.1. The van der Waals surface area contributed by atoms with Gasteiger partial charge in [-0.15, -0.1) is 0 Å². The zero-order valence-corrected chi connectivity index (χ0v) is 9.16. The third-order valence-electron chi connectivity index (χ3n) is 2.03. The molecule has 0 atom stereocenters. The number of halogens is 2. The van der Waals surface area contributed by atoms with Gasteiger partial charge in [-0.05, 0) is 31.2 Å². The molecular formula is C11H8ClFN2O. The van der Waals surface area contributed by atoms with Gasteiger partial charge in [0.15, 0.2) is 17.4 Å². The van der Waals surface area contributed by atoms with Crippen molar-refractivity contribution in [2.24, 2.45) is 0 Å². The lowest BCUT2D eigenvalue weighted by atomic mass is 10.2. The van der Waals surface area contributed by atoms with Gasteiger partial charge >= 0.3 is 0 Å². The largest absolute Gasteiger partial charge is 0.505 e. The second-order valence-corrected chi connectivity index (χ2v) is 3.71. The minimum absolute atomic E-state index is 0.302. The number of nitrogens with zero attached hydrogens (tertiary/aromatic N) is 2. The van der Waals surface area contributed by atoms with E-state index in [1.54, 1.807) is 13.0 Å². The van der Waals surface area contributed by atoms with Crippen LogP contribution in [0.2, 0.25) is 5.15 Å². The molecule has 0 saturated heterocycles. The fourth-order valence-corrected chi connectivity index (χ4v) is 1.54. The molecule has 0 fully saturated rings. The highest BCUT2D eigenvalue weighted by atomic mass is 35.5. The Morgan fingerprint density at radius 2 is 2.00 bits per heavy atom. The Hall–Kier alpha value is -1.68. The minimum Gasteiger partial charge on any atom is -0.505 e. The summed E-state index contributed by atoms with van der Waals surface area (Å²) in [7, 11) is 0. The fraction of sp³-hybridized carbons (Fsp3) is 0.0909. The number of aromatic hydroxyl groups is 1. The van der Waals surface area contributed by atoms with Crippen molar-refractivity contribution >= 4 is 11.6 Å². The lowest BCUT2D eigenvalue weighted by molar-refractivity contribution is 0.432. The molecule has 16 heavy (non-hydrogen) atoms. The van der Waals surface area contributed by atoms with Gasteiger partial charge in [-0.1, -0.05) is 11.6 Å². The lowest BCUT2D eigenvalue weighted by Gasteiger charge is -2.03. The molecule has 1 heterocycles. The molecule has 2 rings (SSSR count). The number of aromatic nitrogens is 2. The molecule has 0 spiro atoms. The van der Waals surface area contributed by atoms with Crippen molar-refractivity contribution in [2.45, 2.75) is 6.92 Å². The molecule has 0 bridgehead atoms. The summed E-state index contributed by atoms with van der Waals surface area (Å²) in [5.41, 5.74) is 1.17. The molecule has 0 aliphatic carbocycles. The SMILES string of the molecule is Cc1cc(Cl)nc(-c2ccc(O)c(F)c2)n1. The van der Waals surface area contributed by atoms with Gasteiger partial charge in [0.1, 0.15) is 5.15 Å². The molecule has 0 aliphatic heterocycles. The summed E-state index contributed by atoms with van der Waals surface area (Å²) < 4.78 is 13.1. The van der Waals surface area contributed by atoms with E-state index in [1.165, 1.54) is 18.2 Å². The molecule has 3 nitrogen and oxygen atoms in total. The maximum absolute atomic E-state index is 13.1. The van der Waals surface area contributed by atoms with Crippen LogP contribution in [0.5, 0.6) is 5.75 Å². The van der Waals surface area contributed by atoms with Gasteiger partial charge in [-0.25, -0.2) is 14.4 Å². The number of benzene rings is 1. The van der Waals surface area contributed by atoms with E-state index >= 15 is 0 Å². The van der Waals surface area contributed by atoms with Crippen LogP contribution in [0.3, 0.4) is 0 Å². The number of phenols is 1. The quantitative estimate of drug-likeness (QED) is 0.777. The number of aryl methyl sites for hydroxylation is 1. The summed E-state index contributed by atoms with van der Waals surface area (Å²) in [6.45, 7) is 1.77. The van der Waals surface area contributed by atoms with Gasteiger partial charge < -0.3 is 5.11 Å². The molecular weight excluding hydrogens is 231 g/mol. The van der Waals surface area contributed by atoms with Crippen molar-refractivity contribution in [1.82, 2.24) is 9.97 Å². The molecule has 2 aromatic rings. The smallest absolute Gasteiger partial charge is 0.165 e. The van der Waals surface area contributed by atoms with Gasteiger partial charge in [0.05, 0.1) is 0 Å². The first-order chi connectivity index (χ1) is 7.56. The van der Waals surface area contributed by atoms with Crippen LogP contribution in [0.4, 0.5) is 4.39 Å².